The molecule has 1 aromatic carbocycles. The fraction of sp³-hybridized carbons (Fsp3) is 0.400. The number of rotatable bonds is 3. The van der Waals surface area contributed by atoms with Gasteiger partial charge in [-0.15, -0.1) is 11.3 Å². The van der Waals surface area contributed by atoms with E-state index in [1.165, 1.54) is 6.07 Å². The number of nitrogens with two attached hydrogens (primary N) is 1. The molecule has 0 unspecified atom stereocenters. The van der Waals surface area contributed by atoms with Crippen molar-refractivity contribution in [1.82, 2.24) is 4.98 Å². The summed E-state index contributed by atoms with van der Waals surface area (Å²) in [6.07, 6.45) is 1.82. The van der Waals surface area contributed by atoms with E-state index in [1.807, 2.05) is 24.6 Å². The Balaban J connectivity index is 1.78. The summed E-state index contributed by atoms with van der Waals surface area (Å²) >= 11 is 1.64. The fourth-order valence-corrected chi connectivity index (χ4v) is 3.42. The van der Waals surface area contributed by atoms with Crippen molar-refractivity contribution in [3.63, 3.8) is 0 Å². The molecule has 2 N–H and O–H groups in total. The van der Waals surface area contributed by atoms with Crippen molar-refractivity contribution < 1.29 is 4.39 Å². The zero-order valence-electron chi connectivity index (χ0n) is 12.0. The largest absolute Gasteiger partial charge is 0.365 e. The first-order valence-electron chi connectivity index (χ1n) is 7.10. The van der Waals surface area contributed by atoms with Crippen LogP contribution in [0.25, 0.3) is 0 Å². The average Bonchev–Trinajstić information content (AvgIpc) is 3.01. The predicted molar refractivity (Wildman–Crippen MR) is 85.5 cm³/mol. The number of nitrogens with zero attached hydrogens (tertiary/aromatic N) is 3. The Bertz CT molecular complexity index is 592. The molecule has 0 spiro atoms. The van der Waals surface area contributed by atoms with Gasteiger partial charge in [0.15, 0.2) is 5.13 Å². The fourth-order valence-electron chi connectivity index (χ4n) is 2.73. The molecule has 0 amide bonds. The summed E-state index contributed by atoms with van der Waals surface area (Å²) in [5.41, 5.74) is 7.51. The third-order valence-electron chi connectivity index (χ3n) is 3.79. The lowest BCUT2D eigenvalue weighted by Gasteiger charge is -2.37. The normalized spacial score (nSPS) is 17.1. The highest BCUT2D eigenvalue weighted by molar-refractivity contribution is 7.13. The van der Waals surface area contributed by atoms with E-state index in [9.17, 15) is 4.39 Å². The van der Waals surface area contributed by atoms with Gasteiger partial charge in [0, 0.05) is 43.8 Å². The van der Waals surface area contributed by atoms with Crippen LogP contribution in [-0.2, 0) is 0 Å². The molecule has 1 aliphatic rings. The molecule has 2 heterocycles. The van der Waals surface area contributed by atoms with Crippen LogP contribution in [0.1, 0.15) is 18.5 Å². The van der Waals surface area contributed by atoms with Gasteiger partial charge in [0.25, 0.3) is 0 Å². The van der Waals surface area contributed by atoms with E-state index < -0.39 is 0 Å². The summed E-state index contributed by atoms with van der Waals surface area (Å²) in [5.74, 6) is -0.188. The summed E-state index contributed by atoms with van der Waals surface area (Å²) in [6.45, 7) is 5.14. The highest BCUT2D eigenvalue weighted by Gasteiger charge is 2.23. The van der Waals surface area contributed by atoms with Crippen LogP contribution in [0.3, 0.4) is 0 Å². The monoisotopic (exact) mass is 306 g/mol. The minimum Gasteiger partial charge on any atom is -0.365 e. The van der Waals surface area contributed by atoms with Crippen LogP contribution in [-0.4, -0.2) is 31.2 Å². The second-order valence-electron chi connectivity index (χ2n) is 5.26. The lowest BCUT2D eigenvalue weighted by Crippen LogP contribution is -2.47. The van der Waals surface area contributed by atoms with Crippen molar-refractivity contribution in [3.8, 4) is 0 Å². The Morgan fingerprint density at radius 1 is 1.24 bits per heavy atom. The van der Waals surface area contributed by atoms with Gasteiger partial charge in [-0.2, -0.15) is 0 Å². The number of halogens is 1. The van der Waals surface area contributed by atoms with E-state index in [2.05, 4.69) is 14.8 Å². The zero-order chi connectivity index (χ0) is 14.8. The van der Waals surface area contributed by atoms with Crippen molar-refractivity contribution in [2.45, 2.75) is 13.0 Å². The average molecular weight is 306 g/mol. The Labute approximate surface area is 128 Å². The molecule has 1 aromatic heterocycles. The molecule has 21 heavy (non-hydrogen) atoms. The van der Waals surface area contributed by atoms with Crippen LogP contribution in [0.15, 0.2) is 29.8 Å². The summed E-state index contributed by atoms with van der Waals surface area (Å²) in [4.78, 5) is 8.67. The number of thiazole rings is 1. The van der Waals surface area contributed by atoms with Gasteiger partial charge >= 0.3 is 0 Å². The van der Waals surface area contributed by atoms with Gasteiger partial charge in [-0.3, -0.25) is 0 Å². The van der Waals surface area contributed by atoms with Gasteiger partial charge < -0.3 is 15.5 Å². The van der Waals surface area contributed by atoms with Crippen LogP contribution < -0.4 is 15.5 Å². The molecule has 6 heteroatoms. The molecular formula is C15H19FN4S. The van der Waals surface area contributed by atoms with Gasteiger partial charge in [-0.1, -0.05) is 12.1 Å². The third kappa shape index (κ3) is 2.87. The molecule has 0 bridgehead atoms. The molecule has 1 saturated heterocycles. The Morgan fingerprint density at radius 3 is 2.57 bits per heavy atom. The second-order valence-corrected chi connectivity index (χ2v) is 6.13. The lowest BCUT2D eigenvalue weighted by atomic mass is 10.0. The molecular weight excluding hydrogens is 287 g/mol. The maximum Gasteiger partial charge on any atom is 0.185 e. The topological polar surface area (TPSA) is 45.4 Å². The summed E-state index contributed by atoms with van der Waals surface area (Å²) in [5, 5.41) is 3.02. The Kier molecular flexibility index (Phi) is 4.07. The summed E-state index contributed by atoms with van der Waals surface area (Å²) in [6, 6.07) is 4.97. The molecule has 3 rings (SSSR count). The number of para-hydroxylation sites is 1. The van der Waals surface area contributed by atoms with Crippen molar-refractivity contribution in [2.24, 2.45) is 5.73 Å². The first-order valence-corrected chi connectivity index (χ1v) is 7.98. The Hall–Kier alpha value is -1.66. The number of hydrogen-bond donors (Lipinski definition) is 1. The van der Waals surface area contributed by atoms with Gasteiger partial charge in [0.1, 0.15) is 5.82 Å². The SMILES string of the molecule is C[C@@H](N)c1cccc(F)c1N1CCN(c2nccs2)CC1. The highest BCUT2D eigenvalue weighted by Crippen LogP contribution is 2.30. The first kappa shape index (κ1) is 14.3. The van der Waals surface area contributed by atoms with Crippen LogP contribution in [0, 0.1) is 5.82 Å². The number of benzene rings is 1. The first-order chi connectivity index (χ1) is 10.2. The summed E-state index contributed by atoms with van der Waals surface area (Å²) in [7, 11) is 0. The predicted octanol–water partition coefficient (Wildman–Crippen LogP) is 2.63. The van der Waals surface area contributed by atoms with Crippen molar-refractivity contribution >= 4 is 22.2 Å². The van der Waals surface area contributed by atoms with E-state index in [0.717, 1.165) is 36.9 Å². The number of anilines is 2. The van der Waals surface area contributed by atoms with Gasteiger partial charge in [-0.05, 0) is 18.6 Å². The van der Waals surface area contributed by atoms with Gasteiger partial charge in [0.05, 0.1) is 5.69 Å². The smallest absolute Gasteiger partial charge is 0.185 e. The van der Waals surface area contributed by atoms with Crippen LogP contribution in [0.5, 0.6) is 0 Å². The minimum absolute atomic E-state index is 0.173. The maximum absolute atomic E-state index is 14.2. The Morgan fingerprint density at radius 2 is 1.95 bits per heavy atom. The molecule has 112 valence electrons. The maximum atomic E-state index is 14.2. The third-order valence-corrected chi connectivity index (χ3v) is 4.63. The molecule has 1 fully saturated rings. The highest BCUT2D eigenvalue weighted by atomic mass is 32.1. The quantitative estimate of drug-likeness (QED) is 0.947. The standard InChI is InChI=1S/C15H19FN4S/c1-11(17)12-3-2-4-13(16)14(12)19-6-8-20(9-7-19)15-18-5-10-21-15/h2-5,10-11H,6-9,17H2,1H3/t11-/m1/s1. The van der Waals surface area contributed by atoms with Crippen LogP contribution >= 0.6 is 11.3 Å². The van der Waals surface area contributed by atoms with E-state index in [1.54, 1.807) is 17.4 Å². The van der Waals surface area contributed by atoms with Crippen LogP contribution in [0.4, 0.5) is 15.2 Å². The molecule has 0 saturated carbocycles. The molecule has 1 atom stereocenters. The number of hydrogen-bond acceptors (Lipinski definition) is 5. The van der Waals surface area contributed by atoms with Crippen molar-refractivity contribution in [2.75, 3.05) is 36.0 Å². The molecule has 0 aliphatic carbocycles. The summed E-state index contributed by atoms with van der Waals surface area (Å²) < 4.78 is 14.2. The van der Waals surface area contributed by atoms with Crippen LogP contribution in [0.2, 0.25) is 0 Å². The van der Waals surface area contributed by atoms with Crippen molar-refractivity contribution in [1.29, 1.82) is 0 Å². The van der Waals surface area contributed by atoms with Crippen molar-refractivity contribution in [3.05, 3.63) is 41.2 Å². The van der Waals surface area contributed by atoms with E-state index in [0.29, 0.717) is 5.69 Å². The van der Waals surface area contributed by atoms with Gasteiger partial charge in [-0.25, -0.2) is 9.37 Å². The number of piperazine rings is 1. The second kappa shape index (κ2) is 5.99. The minimum atomic E-state index is -0.188. The van der Waals surface area contributed by atoms with E-state index in [-0.39, 0.29) is 11.9 Å². The van der Waals surface area contributed by atoms with Gasteiger partial charge in [0.2, 0.25) is 0 Å². The zero-order valence-corrected chi connectivity index (χ0v) is 12.8. The van der Waals surface area contributed by atoms with E-state index in [4.69, 9.17) is 5.73 Å². The molecule has 0 radical (unpaired) electrons. The van der Waals surface area contributed by atoms with E-state index >= 15 is 0 Å². The molecule has 4 nitrogen and oxygen atoms in total. The number of aromatic nitrogens is 1. The molecule has 2 aromatic rings. The molecule has 1 aliphatic heterocycles. The lowest BCUT2D eigenvalue weighted by molar-refractivity contribution is 0.590.